The zero-order valence-corrected chi connectivity index (χ0v) is 19.9. The standard InChI is InChI=1S/C27H22N2O5S/c1-3-34-18-11-9-16(10-12-18)23-22(24(30)17-7-5-4-6-8-17)25(31)26(32)29(23)27-28-20-14-13-19(33-2)15-21(20)35-27/h4-15,23,30H,3H2,1-2H3/b24-22+. The van der Waals surface area contributed by atoms with Gasteiger partial charge in [-0.3, -0.25) is 14.5 Å². The minimum Gasteiger partial charge on any atom is -0.507 e. The number of hydrogen-bond donors (Lipinski definition) is 1. The Bertz CT molecular complexity index is 1440. The smallest absolute Gasteiger partial charge is 0.301 e. The number of amides is 1. The largest absolute Gasteiger partial charge is 0.507 e. The molecule has 1 N–H and O–H groups in total. The summed E-state index contributed by atoms with van der Waals surface area (Å²) in [6.07, 6.45) is 0. The summed E-state index contributed by atoms with van der Waals surface area (Å²) in [5.74, 6) is -0.396. The third-order valence-corrected chi connectivity index (χ3v) is 6.81. The van der Waals surface area contributed by atoms with Crippen LogP contribution in [0.5, 0.6) is 11.5 Å². The summed E-state index contributed by atoms with van der Waals surface area (Å²) in [5, 5.41) is 11.5. The molecule has 1 aliphatic rings. The number of aliphatic hydroxyl groups is 1. The normalized spacial score (nSPS) is 17.2. The lowest BCUT2D eigenvalue weighted by molar-refractivity contribution is -0.132. The number of aliphatic hydroxyl groups excluding tert-OH is 1. The van der Waals surface area contributed by atoms with E-state index in [4.69, 9.17) is 9.47 Å². The molecule has 5 rings (SSSR count). The highest BCUT2D eigenvalue weighted by molar-refractivity contribution is 7.22. The van der Waals surface area contributed by atoms with Crippen LogP contribution in [-0.4, -0.2) is 35.5 Å². The van der Waals surface area contributed by atoms with E-state index in [9.17, 15) is 14.7 Å². The first-order valence-electron chi connectivity index (χ1n) is 11.1. The zero-order valence-electron chi connectivity index (χ0n) is 19.1. The van der Waals surface area contributed by atoms with E-state index in [0.717, 1.165) is 4.70 Å². The van der Waals surface area contributed by atoms with E-state index in [0.29, 0.717) is 39.9 Å². The van der Waals surface area contributed by atoms with E-state index in [1.807, 2.05) is 19.1 Å². The summed E-state index contributed by atoms with van der Waals surface area (Å²) in [7, 11) is 1.58. The van der Waals surface area contributed by atoms with E-state index >= 15 is 0 Å². The SMILES string of the molecule is CCOc1ccc(C2/C(=C(\O)c3ccccc3)C(=O)C(=O)N2c2nc3ccc(OC)cc3s2)cc1. The van der Waals surface area contributed by atoms with Gasteiger partial charge < -0.3 is 14.6 Å². The van der Waals surface area contributed by atoms with Gasteiger partial charge in [0.25, 0.3) is 5.78 Å². The van der Waals surface area contributed by atoms with Crippen LogP contribution in [0.2, 0.25) is 0 Å². The minimum atomic E-state index is -0.853. The second-order valence-electron chi connectivity index (χ2n) is 7.87. The minimum absolute atomic E-state index is 0.0159. The molecule has 1 aliphatic heterocycles. The molecule has 8 heteroatoms. The molecule has 0 radical (unpaired) electrons. The maximum atomic E-state index is 13.4. The summed E-state index contributed by atoms with van der Waals surface area (Å²) in [4.78, 5) is 32.6. The molecule has 7 nitrogen and oxygen atoms in total. The van der Waals surface area contributed by atoms with Crippen molar-refractivity contribution < 1.29 is 24.2 Å². The topological polar surface area (TPSA) is 89.0 Å². The number of thiazole rings is 1. The van der Waals surface area contributed by atoms with Crippen LogP contribution in [0.15, 0.2) is 78.4 Å². The highest BCUT2D eigenvalue weighted by Gasteiger charge is 2.48. The Balaban J connectivity index is 1.69. The van der Waals surface area contributed by atoms with Crippen molar-refractivity contribution in [2.24, 2.45) is 0 Å². The lowest BCUT2D eigenvalue weighted by Gasteiger charge is -2.23. The van der Waals surface area contributed by atoms with Gasteiger partial charge in [0.05, 0.1) is 35.5 Å². The number of Topliss-reactive ketones (excluding diaryl/α,β-unsaturated/α-hetero) is 1. The Morgan fingerprint density at radius 1 is 1.03 bits per heavy atom. The molecule has 1 unspecified atom stereocenters. The van der Waals surface area contributed by atoms with Crippen LogP contribution in [0.4, 0.5) is 5.13 Å². The van der Waals surface area contributed by atoms with Gasteiger partial charge in [-0.2, -0.15) is 0 Å². The molecule has 1 aromatic heterocycles. The summed E-state index contributed by atoms with van der Waals surface area (Å²) in [5.41, 5.74) is 1.81. The van der Waals surface area contributed by atoms with Gasteiger partial charge in [-0.15, -0.1) is 0 Å². The third kappa shape index (κ3) is 4.02. The number of aromatic nitrogens is 1. The van der Waals surface area contributed by atoms with Crippen molar-refractivity contribution in [3.63, 3.8) is 0 Å². The number of nitrogens with zero attached hydrogens (tertiary/aromatic N) is 2. The van der Waals surface area contributed by atoms with Crippen LogP contribution in [0, 0.1) is 0 Å². The van der Waals surface area contributed by atoms with Crippen molar-refractivity contribution in [3.05, 3.63) is 89.5 Å². The number of anilines is 1. The lowest BCUT2D eigenvalue weighted by Crippen LogP contribution is -2.29. The average Bonchev–Trinajstić information content (AvgIpc) is 3.42. The van der Waals surface area contributed by atoms with E-state index < -0.39 is 17.7 Å². The number of carbonyl (C=O) groups is 2. The molecule has 1 atom stereocenters. The average molecular weight is 487 g/mol. The fourth-order valence-electron chi connectivity index (χ4n) is 4.13. The molecule has 0 saturated carbocycles. The molecule has 0 bridgehead atoms. The number of hydrogen-bond acceptors (Lipinski definition) is 7. The molecule has 1 amide bonds. The van der Waals surface area contributed by atoms with Gasteiger partial charge in [0.1, 0.15) is 17.3 Å². The van der Waals surface area contributed by atoms with E-state index in [2.05, 4.69) is 4.98 Å². The van der Waals surface area contributed by atoms with Crippen molar-refractivity contribution in [1.82, 2.24) is 4.98 Å². The predicted octanol–water partition coefficient (Wildman–Crippen LogP) is 5.33. The van der Waals surface area contributed by atoms with E-state index in [-0.39, 0.29) is 11.3 Å². The first-order valence-corrected chi connectivity index (χ1v) is 11.9. The van der Waals surface area contributed by atoms with Crippen LogP contribution in [0.1, 0.15) is 24.1 Å². The first kappa shape index (κ1) is 22.6. The van der Waals surface area contributed by atoms with Gasteiger partial charge in [0.15, 0.2) is 5.13 Å². The number of fused-ring (bicyclic) bond motifs is 1. The molecule has 1 fully saturated rings. The van der Waals surface area contributed by atoms with Crippen LogP contribution in [-0.2, 0) is 9.59 Å². The Morgan fingerprint density at radius 2 is 1.74 bits per heavy atom. The molecular formula is C27H22N2O5S. The van der Waals surface area contributed by atoms with Gasteiger partial charge in [-0.1, -0.05) is 53.8 Å². The van der Waals surface area contributed by atoms with Crippen molar-refractivity contribution in [3.8, 4) is 11.5 Å². The Hall–Kier alpha value is -4.17. The van der Waals surface area contributed by atoms with Crippen molar-refractivity contribution >= 4 is 44.1 Å². The van der Waals surface area contributed by atoms with Crippen LogP contribution in [0.3, 0.4) is 0 Å². The molecule has 176 valence electrons. The first-order chi connectivity index (χ1) is 17.0. The highest BCUT2D eigenvalue weighted by atomic mass is 32.1. The molecule has 4 aromatic rings. The van der Waals surface area contributed by atoms with Gasteiger partial charge >= 0.3 is 5.91 Å². The van der Waals surface area contributed by atoms with Crippen LogP contribution >= 0.6 is 11.3 Å². The lowest BCUT2D eigenvalue weighted by atomic mass is 9.95. The fraction of sp³-hybridized carbons (Fsp3) is 0.148. The van der Waals surface area contributed by atoms with Gasteiger partial charge in [-0.05, 0) is 42.8 Å². The van der Waals surface area contributed by atoms with Crippen LogP contribution < -0.4 is 14.4 Å². The molecule has 0 aliphatic carbocycles. The molecule has 3 aromatic carbocycles. The Labute approximate surface area is 205 Å². The fourth-order valence-corrected chi connectivity index (χ4v) is 5.15. The molecule has 2 heterocycles. The predicted molar refractivity (Wildman–Crippen MR) is 135 cm³/mol. The second kappa shape index (κ2) is 9.23. The summed E-state index contributed by atoms with van der Waals surface area (Å²) in [6, 6.07) is 20.5. The maximum Gasteiger partial charge on any atom is 0.301 e. The molecular weight excluding hydrogens is 464 g/mol. The van der Waals surface area contributed by atoms with Crippen LogP contribution in [0.25, 0.3) is 16.0 Å². The summed E-state index contributed by atoms with van der Waals surface area (Å²) in [6.45, 7) is 2.41. The van der Waals surface area contributed by atoms with Gasteiger partial charge in [-0.25, -0.2) is 4.98 Å². The molecule has 0 spiro atoms. The van der Waals surface area contributed by atoms with E-state index in [1.54, 1.807) is 67.8 Å². The molecule has 1 saturated heterocycles. The number of benzene rings is 3. The summed E-state index contributed by atoms with van der Waals surface area (Å²) < 4.78 is 11.7. The van der Waals surface area contributed by atoms with Crippen molar-refractivity contribution in [1.29, 1.82) is 0 Å². The number of rotatable bonds is 6. The summed E-state index contributed by atoms with van der Waals surface area (Å²) >= 11 is 1.28. The third-order valence-electron chi connectivity index (χ3n) is 5.79. The molecule has 35 heavy (non-hydrogen) atoms. The van der Waals surface area contributed by atoms with Gasteiger partial charge in [0, 0.05) is 5.56 Å². The zero-order chi connectivity index (χ0) is 24.5. The number of methoxy groups -OCH3 is 1. The van der Waals surface area contributed by atoms with Gasteiger partial charge in [0.2, 0.25) is 0 Å². The quantitative estimate of drug-likeness (QED) is 0.225. The monoisotopic (exact) mass is 486 g/mol. The van der Waals surface area contributed by atoms with Crippen molar-refractivity contribution in [2.45, 2.75) is 13.0 Å². The Kier molecular flexibility index (Phi) is 5.96. The number of ketones is 1. The van der Waals surface area contributed by atoms with Crippen molar-refractivity contribution in [2.75, 3.05) is 18.6 Å². The number of carbonyl (C=O) groups excluding carboxylic acids is 2. The Morgan fingerprint density at radius 3 is 2.43 bits per heavy atom. The second-order valence-corrected chi connectivity index (χ2v) is 8.88. The number of ether oxygens (including phenoxy) is 2. The van der Waals surface area contributed by atoms with E-state index in [1.165, 1.54) is 16.2 Å². The highest BCUT2D eigenvalue weighted by Crippen LogP contribution is 2.44. The maximum absolute atomic E-state index is 13.4.